The number of hydrazine groups is 1. The molecule has 0 spiro atoms. The molecule has 0 saturated heterocycles. The normalized spacial score (nSPS) is 17.4. The van der Waals surface area contributed by atoms with Gasteiger partial charge in [0.25, 0.3) is 5.91 Å². The molecule has 7 heteroatoms. The second kappa shape index (κ2) is 8.83. The first kappa shape index (κ1) is 20.3. The number of aliphatic hydroxyl groups is 1. The number of carbonyl (C=O) groups excluding carboxylic acids is 1. The van der Waals surface area contributed by atoms with Crippen molar-refractivity contribution in [2.75, 3.05) is 13.2 Å². The minimum absolute atomic E-state index is 0.0131. The van der Waals surface area contributed by atoms with Crippen molar-refractivity contribution in [3.05, 3.63) is 100.0 Å². The Labute approximate surface area is 179 Å². The van der Waals surface area contributed by atoms with Crippen molar-refractivity contribution in [2.45, 2.75) is 12.6 Å². The van der Waals surface area contributed by atoms with E-state index >= 15 is 0 Å². The molecule has 0 bridgehead atoms. The van der Waals surface area contributed by atoms with Gasteiger partial charge in [0.05, 0.1) is 19.2 Å². The molecule has 0 aromatic heterocycles. The molecule has 3 N–H and O–H groups in total. The zero-order valence-corrected chi connectivity index (χ0v) is 16.9. The summed E-state index contributed by atoms with van der Waals surface area (Å²) in [6, 6.07) is 11.9. The van der Waals surface area contributed by atoms with Crippen LogP contribution in [0.4, 0.5) is 4.39 Å². The summed E-state index contributed by atoms with van der Waals surface area (Å²) in [5.41, 5.74) is 7.67. The maximum atomic E-state index is 13.7. The second-order valence-electron chi connectivity index (χ2n) is 7.12. The van der Waals surface area contributed by atoms with Gasteiger partial charge in [-0.3, -0.25) is 4.79 Å². The van der Waals surface area contributed by atoms with Gasteiger partial charge in [-0.25, -0.2) is 9.82 Å². The summed E-state index contributed by atoms with van der Waals surface area (Å²) in [5.74, 6) is -0.587. The first-order valence-electron chi connectivity index (χ1n) is 9.61. The second-order valence-corrected chi connectivity index (χ2v) is 7.56. The highest BCUT2D eigenvalue weighted by molar-refractivity contribution is 6.30. The quantitative estimate of drug-likeness (QED) is 0.663. The Morgan fingerprint density at radius 2 is 2.13 bits per heavy atom. The topological polar surface area (TPSA) is 64.6 Å². The van der Waals surface area contributed by atoms with Crippen LogP contribution in [-0.4, -0.2) is 35.2 Å². The summed E-state index contributed by atoms with van der Waals surface area (Å²) in [6.07, 6.45) is 8.03. The van der Waals surface area contributed by atoms with Crippen molar-refractivity contribution in [1.29, 1.82) is 0 Å². The van der Waals surface area contributed by atoms with Crippen LogP contribution in [0, 0.1) is 5.82 Å². The van der Waals surface area contributed by atoms with E-state index in [1.54, 1.807) is 12.1 Å². The molecular weight excluding hydrogens is 405 g/mol. The number of nitrogens with zero attached hydrogens (tertiary/aromatic N) is 1. The molecular formula is C23H21ClFN3O2. The Morgan fingerprint density at radius 3 is 2.93 bits per heavy atom. The van der Waals surface area contributed by atoms with Crippen LogP contribution in [0.3, 0.4) is 0 Å². The molecule has 5 nitrogen and oxygen atoms in total. The van der Waals surface area contributed by atoms with Crippen LogP contribution in [-0.2, 0) is 6.54 Å². The van der Waals surface area contributed by atoms with E-state index in [4.69, 9.17) is 16.7 Å². The zero-order valence-electron chi connectivity index (χ0n) is 16.1. The molecule has 154 valence electrons. The lowest BCUT2D eigenvalue weighted by Crippen LogP contribution is -2.35. The van der Waals surface area contributed by atoms with E-state index in [0.717, 1.165) is 22.3 Å². The van der Waals surface area contributed by atoms with Crippen LogP contribution in [0.2, 0.25) is 5.02 Å². The van der Waals surface area contributed by atoms with Gasteiger partial charge in [0.2, 0.25) is 0 Å². The number of aliphatic hydroxyl groups excluding tert-OH is 1. The van der Waals surface area contributed by atoms with Gasteiger partial charge in [0.1, 0.15) is 5.82 Å². The fourth-order valence-corrected chi connectivity index (χ4v) is 3.87. The number of hydrogen-bond donors (Lipinski definition) is 3. The summed E-state index contributed by atoms with van der Waals surface area (Å²) in [4.78, 5) is 12.2. The van der Waals surface area contributed by atoms with Crippen LogP contribution < -0.4 is 10.7 Å². The molecule has 0 fully saturated rings. The molecule has 2 aromatic carbocycles. The molecule has 1 aliphatic carbocycles. The van der Waals surface area contributed by atoms with E-state index < -0.39 is 0 Å². The highest BCUT2D eigenvalue weighted by Crippen LogP contribution is 2.33. The van der Waals surface area contributed by atoms with Crippen molar-refractivity contribution in [3.63, 3.8) is 0 Å². The van der Waals surface area contributed by atoms with Gasteiger partial charge in [-0.05, 0) is 52.6 Å². The number of amides is 1. The van der Waals surface area contributed by atoms with Crippen molar-refractivity contribution < 1.29 is 14.3 Å². The minimum atomic E-state index is -0.362. The molecule has 1 unspecified atom stereocenters. The number of carbonyl (C=O) groups is 1. The number of nitrogens with one attached hydrogen (secondary N) is 2. The maximum Gasteiger partial charge on any atom is 0.251 e. The first-order valence-corrected chi connectivity index (χ1v) is 9.99. The third-order valence-electron chi connectivity index (χ3n) is 4.92. The van der Waals surface area contributed by atoms with Gasteiger partial charge in [-0.2, -0.15) is 0 Å². The Bertz CT molecular complexity index is 1040. The van der Waals surface area contributed by atoms with E-state index in [1.807, 2.05) is 47.6 Å². The Morgan fingerprint density at radius 1 is 1.27 bits per heavy atom. The molecule has 2 aliphatic rings. The standard InChI is InChI=1S/C23H21ClFN3O2/c24-18-9-15(10-19(25)12-18)13-28-14-21-20(5-2-6-22(21)27-28)16-3-1-4-17(11-16)23(30)26-7-8-29/h1-6,9-12,14,22,27,29H,7-8,13H2,(H,26,30). The SMILES string of the molecule is O=C(NCCO)c1cccc(C2=CC=CC3NN(Cc4cc(F)cc(Cl)c4)C=C23)c1. The Balaban J connectivity index is 1.57. The van der Waals surface area contributed by atoms with Crippen LogP contribution >= 0.6 is 11.6 Å². The fraction of sp³-hybridized carbons (Fsp3) is 0.174. The largest absolute Gasteiger partial charge is 0.395 e. The predicted molar refractivity (Wildman–Crippen MR) is 115 cm³/mol. The van der Waals surface area contributed by atoms with E-state index in [9.17, 15) is 9.18 Å². The Hall–Kier alpha value is -2.93. The first-order chi connectivity index (χ1) is 14.5. The van der Waals surface area contributed by atoms with Crippen LogP contribution in [0.5, 0.6) is 0 Å². The molecule has 1 heterocycles. The highest BCUT2D eigenvalue weighted by atomic mass is 35.5. The van der Waals surface area contributed by atoms with E-state index in [1.165, 1.54) is 12.1 Å². The fourth-order valence-electron chi connectivity index (χ4n) is 3.63. The summed E-state index contributed by atoms with van der Waals surface area (Å²) in [7, 11) is 0. The summed E-state index contributed by atoms with van der Waals surface area (Å²) < 4.78 is 13.7. The highest BCUT2D eigenvalue weighted by Gasteiger charge is 2.27. The summed E-state index contributed by atoms with van der Waals surface area (Å²) in [5, 5.41) is 13.9. The van der Waals surface area contributed by atoms with Crippen molar-refractivity contribution in [2.24, 2.45) is 0 Å². The molecule has 30 heavy (non-hydrogen) atoms. The number of fused-ring (bicyclic) bond motifs is 1. The lowest BCUT2D eigenvalue weighted by molar-refractivity contribution is 0.0944. The van der Waals surface area contributed by atoms with Crippen molar-refractivity contribution in [3.8, 4) is 0 Å². The van der Waals surface area contributed by atoms with E-state index in [0.29, 0.717) is 17.1 Å². The van der Waals surface area contributed by atoms with Gasteiger partial charge < -0.3 is 15.4 Å². The molecule has 4 rings (SSSR count). The molecule has 0 saturated carbocycles. The summed E-state index contributed by atoms with van der Waals surface area (Å²) in [6.45, 7) is 0.570. The van der Waals surface area contributed by atoms with Gasteiger partial charge >= 0.3 is 0 Å². The molecule has 0 radical (unpaired) electrons. The summed E-state index contributed by atoms with van der Waals surface area (Å²) >= 11 is 5.97. The number of rotatable bonds is 6. The average Bonchev–Trinajstić information content (AvgIpc) is 3.13. The monoisotopic (exact) mass is 425 g/mol. The van der Waals surface area contributed by atoms with E-state index in [2.05, 4.69) is 10.7 Å². The third-order valence-corrected chi connectivity index (χ3v) is 5.14. The maximum absolute atomic E-state index is 13.7. The lowest BCUT2D eigenvalue weighted by Gasteiger charge is -2.20. The van der Waals surface area contributed by atoms with Gasteiger partial charge in [-0.15, -0.1) is 0 Å². The number of allylic oxidation sites excluding steroid dienone is 2. The van der Waals surface area contributed by atoms with Gasteiger partial charge in [-0.1, -0.05) is 42.0 Å². The van der Waals surface area contributed by atoms with Crippen LogP contribution in [0.15, 0.2) is 72.5 Å². The lowest BCUT2D eigenvalue weighted by atomic mass is 9.89. The van der Waals surface area contributed by atoms with E-state index in [-0.39, 0.29) is 30.9 Å². The predicted octanol–water partition coefficient (Wildman–Crippen LogP) is 3.43. The number of halogens is 2. The Kier molecular flexibility index (Phi) is 5.99. The number of benzene rings is 2. The van der Waals surface area contributed by atoms with Crippen LogP contribution in [0.1, 0.15) is 21.5 Å². The van der Waals surface area contributed by atoms with Crippen molar-refractivity contribution >= 4 is 23.1 Å². The minimum Gasteiger partial charge on any atom is -0.395 e. The number of hydrogen-bond acceptors (Lipinski definition) is 4. The van der Waals surface area contributed by atoms with Gasteiger partial charge in [0, 0.05) is 23.3 Å². The third kappa shape index (κ3) is 4.46. The van der Waals surface area contributed by atoms with Crippen LogP contribution in [0.25, 0.3) is 5.57 Å². The smallest absolute Gasteiger partial charge is 0.251 e. The van der Waals surface area contributed by atoms with Gasteiger partial charge in [0.15, 0.2) is 0 Å². The molecule has 1 atom stereocenters. The average molecular weight is 426 g/mol. The molecule has 1 amide bonds. The molecule has 1 aliphatic heterocycles. The van der Waals surface area contributed by atoms with Crippen molar-refractivity contribution in [1.82, 2.24) is 15.8 Å². The molecule has 2 aromatic rings. The zero-order chi connectivity index (χ0) is 21.1.